The van der Waals surface area contributed by atoms with Gasteiger partial charge in [0.1, 0.15) is 5.82 Å². The molecule has 2 aliphatic rings. The van der Waals surface area contributed by atoms with E-state index in [1.165, 1.54) is 18.2 Å². The smallest absolute Gasteiger partial charge is 0.251 e. The highest BCUT2D eigenvalue weighted by Crippen LogP contribution is 2.51. The van der Waals surface area contributed by atoms with Crippen LogP contribution in [-0.4, -0.2) is 62.1 Å². The van der Waals surface area contributed by atoms with E-state index in [2.05, 4.69) is 15.5 Å². The average molecular weight is 426 g/mol. The van der Waals surface area contributed by atoms with Gasteiger partial charge < -0.3 is 15.4 Å². The van der Waals surface area contributed by atoms with Gasteiger partial charge in [0.25, 0.3) is 5.91 Å². The molecule has 2 N–H and O–H groups in total. The van der Waals surface area contributed by atoms with E-state index in [1.807, 2.05) is 13.8 Å². The Labute approximate surface area is 176 Å². The van der Waals surface area contributed by atoms with Gasteiger partial charge in [-0.15, -0.1) is 0 Å². The van der Waals surface area contributed by atoms with Gasteiger partial charge in [-0.1, -0.05) is 11.6 Å². The molecule has 0 atom stereocenters. The largest absolute Gasteiger partial charge is 0.382 e. The molecule has 1 heterocycles. The average Bonchev–Trinajstić information content (AvgIpc) is 2.52. The number of hydrogen-bond donors (Lipinski definition) is 2. The van der Waals surface area contributed by atoms with Crippen molar-refractivity contribution in [1.82, 2.24) is 15.5 Å². The van der Waals surface area contributed by atoms with Crippen LogP contribution in [0.1, 0.15) is 37.0 Å². The predicted octanol–water partition coefficient (Wildman–Crippen LogP) is 2.46. The standard InChI is InChI=1S/C21H29ClFN3O3/c1-20(2,13-29-3)25-18(27)10-26-11-21(12-26)7-14(8-21)9-24-19(28)15-4-16(22)6-17(23)5-15/h4-6,14H,7-13H2,1-3H3,(H,24,28)(H,25,27). The van der Waals surface area contributed by atoms with E-state index in [9.17, 15) is 14.0 Å². The normalized spacial score (nSPS) is 18.8. The molecule has 0 unspecified atom stereocenters. The Morgan fingerprint density at radius 1 is 1.31 bits per heavy atom. The van der Waals surface area contributed by atoms with Crippen LogP contribution >= 0.6 is 11.6 Å². The van der Waals surface area contributed by atoms with Gasteiger partial charge in [-0.3, -0.25) is 14.5 Å². The summed E-state index contributed by atoms with van der Waals surface area (Å²) in [5.41, 5.74) is 0.140. The van der Waals surface area contributed by atoms with E-state index in [1.54, 1.807) is 7.11 Å². The fraction of sp³-hybridized carbons (Fsp3) is 0.619. The monoisotopic (exact) mass is 425 g/mol. The minimum absolute atomic E-state index is 0.0128. The van der Waals surface area contributed by atoms with Crippen LogP contribution < -0.4 is 10.6 Å². The first-order chi connectivity index (χ1) is 13.6. The van der Waals surface area contributed by atoms with Crippen molar-refractivity contribution in [3.8, 4) is 0 Å². The summed E-state index contributed by atoms with van der Waals surface area (Å²) in [7, 11) is 1.62. The molecule has 1 aromatic rings. The third-order valence-corrected chi connectivity index (χ3v) is 5.81. The van der Waals surface area contributed by atoms with Crippen LogP contribution in [0.2, 0.25) is 5.02 Å². The van der Waals surface area contributed by atoms with Gasteiger partial charge in [0.05, 0.1) is 18.7 Å². The van der Waals surface area contributed by atoms with Crippen molar-refractivity contribution in [3.05, 3.63) is 34.6 Å². The van der Waals surface area contributed by atoms with Gasteiger partial charge >= 0.3 is 0 Å². The second-order valence-electron chi connectivity index (χ2n) is 9.15. The highest BCUT2D eigenvalue weighted by atomic mass is 35.5. The zero-order valence-corrected chi connectivity index (χ0v) is 17.9. The van der Waals surface area contributed by atoms with Crippen molar-refractivity contribution in [2.45, 2.75) is 32.2 Å². The quantitative estimate of drug-likeness (QED) is 0.671. The third-order valence-electron chi connectivity index (χ3n) is 5.59. The molecule has 1 aliphatic heterocycles. The first-order valence-electron chi connectivity index (χ1n) is 9.86. The van der Waals surface area contributed by atoms with Crippen LogP contribution in [0.5, 0.6) is 0 Å². The molecule has 29 heavy (non-hydrogen) atoms. The Kier molecular flexibility index (Phi) is 6.51. The summed E-state index contributed by atoms with van der Waals surface area (Å²) < 4.78 is 18.5. The SMILES string of the molecule is COCC(C)(C)NC(=O)CN1CC2(CC(CNC(=O)c3cc(F)cc(Cl)c3)C2)C1. The second kappa shape index (κ2) is 8.58. The number of carbonyl (C=O) groups is 2. The van der Waals surface area contributed by atoms with Crippen molar-refractivity contribution >= 4 is 23.4 Å². The number of ether oxygens (including phenoxy) is 1. The fourth-order valence-electron chi connectivity index (χ4n) is 4.62. The lowest BCUT2D eigenvalue weighted by Gasteiger charge is -2.59. The maximum absolute atomic E-state index is 13.4. The molecule has 6 nitrogen and oxygen atoms in total. The Bertz CT molecular complexity index is 752. The zero-order valence-electron chi connectivity index (χ0n) is 17.2. The highest BCUT2D eigenvalue weighted by Gasteiger charge is 2.52. The summed E-state index contributed by atoms with van der Waals surface area (Å²) in [4.78, 5) is 26.5. The third kappa shape index (κ3) is 5.68. The van der Waals surface area contributed by atoms with Crippen LogP contribution in [0.15, 0.2) is 18.2 Å². The molecule has 1 spiro atoms. The van der Waals surface area contributed by atoms with Crippen molar-refractivity contribution in [2.24, 2.45) is 11.3 Å². The van der Waals surface area contributed by atoms with E-state index >= 15 is 0 Å². The second-order valence-corrected chi connectivity index (χ2v) is 9.59. The summed E-state index contributed by atoms with van der Waals surface area (Å²) in [5.74, 6) is -0.397. The summed E-state index contributed by atoms with van der Waals surface area (Å²) >= 11 is 5.80. The van der Waals surface area contributed by atoms with Crippen LogP contribution in [0.3, 0.4) is 0 Å². The first-order valence-corrected chi connectivity index (χ1v) is 10.2. The van der Waals surface area contributed by atoms with Crippen molar-refractivity contribution in [1.29, 1.82) is 0 Å². The van der Waals surface area contributed by atoms with Crippen LogP contribution in [0.25, 0.3) is 0 Å². The summed E-state index contributed by atoms with van der Waals surface area (Å²) in [6, 6.07) is 3.83. The van der Waals surface area contributed by atoms with E-state index in [-0.39, 0.29) is 33.4 Å². The number of amides is 2. The molecule has 160 valence electrons. The lowest BCUT2D eigenvalue weighted by Crippen LogP contribution is -2.65. The Hall–Kier alpha value is -1.70. The topological polar surface area (TPSA) is 70.7 Å². The van der Waals surface area contributed by atoms with Crippen LogP contribution in [-0.2, 0) is 9.53 Å². The Morgan fingerprint density at radius 2 is 2.00 bits per heavy atom. The molecule has 1 aromatic carbocycles. The van der Waals surface area contributed by atoms with Gasteiger partial charge in [-0.2, -0.15) is 0 Å². The minimum atomic E-state index is -0.519. The lowest BCUT2D eigenvalue weighted by atomic mass is 9.57. The number of nitrogens with zero attached hydrogens (tertiary/aromatic N) is 1. The van der Waals surface area contributed by atoms with Gasteiger partial charge in [-0.05, 0) is 56.2 Å². The maximum Gasteiger partial charge on any atom is 0.251 e. The molecule has 2 amide bonds. The van der Waals surface area contributed by atoms with Gasteiger partial charge in [-0.25, -0.2) is 4.39 Å². The van der Waals surface area contributed by atoms with E-state index in [4.69, 9.17) is 16.3 Å². The number of halogens is 2. The van der Waals surface area contributed by atoms with Gasteiger partial charge in [0.2, 0.25) is 5.91 Å². The molecule has 0 radical (unpaired) electrons. The van der Waals surface area contributed by atoms with Crippen molar-refractivity contribution < 1.29 is 18.7 Å². The van der Waals surface area contributed by atoms with E-state index in [0.29, 0.717) is 25.6 Å². The molecule has 0 aromatic heterocycles. The van der Waals surface area contributed by atoms with Crippen LogP contribution in [0, 0.1) is 17.2 Å². The number of rotatable bonds is 8. The molecule has 1 saturated heterocycles. The first kappa shape index (κ1) is 22.0. The number of nitrogens with one attached hydrogen (secondary N) is 2. The summed E-state index contributed by atoms with van der Waals surface area (Å²) in [6.45, 7) is 7.14. The predicted molar refractivity (Wildman–Crippen MR) is 109 cm³/mol. The van der Waals surface area contributed by atoms with Gasteiger partial charge in [0.15, 0.2) is 0 Å². The molecular formula is C21H29ClFN3O3. The molecule has 0 bridgehead atoms. The number of carbonyl (C=O) groups excluding carboxylic acids is 2. The summed E-state index contributed by atoms with van der Waals surface area (Å²) in [6.07, 6.45) is 2.06. The lowest BCUT2D eigenvalue weighted by molar-refractivity contribution is -0.134. The van der Waals surface area contributed by atoms with E-state index in [0.717, 1.165) is 25.9 Å². The van der Waals surface area contributed by atoms with Gasteiger partial charge in [0, 0.05) is 37.3 Å². The number of methoxy groups -OCH3 is 1. The van der Waals surface area contributed by atoms with E-state index < -0.39 is 5.82 Å². The fourth-order valence-corrected chi connectivity index (χ4v) is 4.84. The Balaban J connectivity index is 1.35. The summed E-state index contributed by atoms with van der Waals surface area (Å²) in [5, 5.41) is 6.07. The molecule has 1 aliphatic carbocycles. The minimum Gasteiger partial charge on any atom is -0.382 e. The molecule has 8 heteroatoms. The molecule has 1 saturated carbocycles. The molecular weight excluding hydrogens is 397 g/mol. The van der Waals surface area contributed by atoms with Crippen LogP contribution in [0.4, 0.5) is 4.39 Å². The molecule has 2 fully saturated rings. The highest BCUT2D eigenvalue weighted by molar-refractivity contribution is 6.31. The molecule has 3 rings (SSSR count). The Morgan fingerprint density at radius 3 is 2.62 bits per heavy atom. The van der Waals surface area contributed by atoms with Crippen molar-refractivity contribution in [2.75, 3.05) is 39.9 Å². The number of benzene rings is 1. The zero-order chi connectivity index (χ0) is 21.2. The maximum atomic E-state index is 13.4. The van der Waals surface area contributed by atoms with Crippen molar-refractivity contribution in [3.63, 3.8) is 0 Å². The number of likely N-dealkylation sites (tertiary alicyclic amines) is 1. The number of hydrogen-bond acceptors (Lipinski definition) is 4.